The molecule has 3 atom stereocenters. The zero-order valence-corrected chi connectivity index (χ0v) is 23.5. The lowest BCUT2D eigenvalue weighted by molar-refractivity contribution is -0.159. The first-order valence-electron chi connectivity index (χ1n) is 12.7. The fraction of sp³-hybridized carbons (Fsp3) is 0.267. The third-order valence-corrected chi connectivity index (χ3v) is 9.55. The molecular weight excluding hydrogens is 584 g/mol. The molecule has 0 unspecified atom stereocenters. The molecule has 0 radical (unpaired) electrons. The van der Waals surface area contributed by atoms with Crippen molar-refractivity contribution in [1.82, 2.24) is 4.90 Å². The molecule has 3 aromatic rings. The minimum atomic E-state index is -1.17. The summed E-state index contributed by atoms with van der Waals surface area (Å²) in [7, 11) is 0. The normalized spacial score (nSPS) is 23.1. The van der Waals surface area contributed by atoms with Crippen molar-refractivity contribution >= 4 is 56.9 Å². The van der Waals surface area contributed by atoms with Gasteiger partial charge < -0.3 is 10.1 Å². The molecule has 7 rings (SSSR count). The molecule has 3 amide bonds. The van der Waals surface area contributed by atoms with E-state index >= 15 is 0 Å². The van der Waals surface area contributed by atoms with E-state index in [1.807, 2.05) is 48.5 Å². The molecule has 3 aliphatic carbocycles. The lowest BCUT2D eigenvalue weighted by Gasteiger charge is -2.45. The quantitative estimate of drug-likeness (QED) is 0.319. The van der Waals surface area contributed by atoms with Gasteiger partial charge in [-0.1, -0.05) is 60.1 Å². The van der Waals surface area contributed by atoms with Crippen LogP contribution in [0.15, 0.2) is 65.1 Å². The summed E-state index contributed by atoms with van der Waals surface area (Å²) in [5.74, 6) is -3.83. The number of ether oxygens (including phenoxy) is 1. The Morgan fingerprint density at radius 2 is 1.41 bits per heavy atom. The highest BCUT2D eigenvalue weighted by atomic mass is 79.9. The summed E-state index contributed by atoms with van der Waals surface area (Å²) in [4.78, 5) is 54.1. The molecule has 1 N–H and O–H groups in total. The van der Waals surface area contributed by atoms with E-state index in [1.54, 1.807) is 19.1 Å². The number of esters is 1. The van der Waals surface area contributed by atoms with Gasteiger partial charge in [0.1, 0.15) is 6.04 Å². The fourth-order valence-electron chi connectivity index (χ4n) is 6.42. The third-order valence-electron chi connectivity index (χ3n) is 8.17. The Balaban J connectivity index is 1.20. The molecule has 9 heteroatoms. The van der Waals surface area contributed by atoms with E-state index in [1.165, 1.54) is 6.92 Å². The van der Waals surface area contributed by atoms with E-state index in [0.717, 1.165) is 27.2 Å². The molecule has 7 nitrogen and oxygen atoms in total. The maximum absolute atomic E-state index is 13.8. The van der Waals surface area contributed by atoms with Crippen LogP contribution in [0, 0.1) is 18.8 Å². The van der Waals surface area contributed by atoms with Crippen LogP contribution in [0.2, 0.25) is 5.02 Å². The van der Waals surface area contributed by atoms with Crippen LogP contribution < -0.4 is 5.32 Å². The Hall–Kier alpha value is -3.49. The standard InChI is InChI=1S/C30H24BrClN2O5/c1-14-21(12-11-20(31)27(14)32)33-22(35)13-39-30(38)15(2)34-28(36)25-23-16-7-3-4-8-17(16)24(26(25)29(34)37)19-10-6-5-9-18(19)23/h3-12,15,23-26H,13H2,1-2H3,(H,33,35)/t15-,23?,24?,25+,26+/m0/s1. The van der Waals surface area contributed by atoms with Gasteiger partial charge >= 0.3 is 5.97 Å². The van der Waals surface area contributed by atoms with E-state index in [0.29, 0.717) is 20.7 Å². The second-order valence-corrected chi connectivity index (χ2v) is 11.4. The van der Waals surface area contributed by atoms with E-state index in [9.17, 15) is 19.2 Å². The molecule has 1 heterocycles. The van der Waals surface area contributed by atoms with Crippen molar-refractivity contribution in [1.29, 1.82) is 0 Å². The van der Waals surface area contributed by atoms with Crippen LogP contribution >= 0.6 is 27.5 Å². The Kier molecular flexibility index (Phi) is 6.35. The molecule has 1 saturated heterocycles. The molecule has 198 valence electrons. The lowest BCUT2D eigenvalue weighted by Crippen LogP contribution is -2.45. The molecule has 3 aromatic carbocycles. The summed E-state index contributed by atoms with van der Waals surface area (Å²) in [6.45, 7) is 2.65. The number of halogens is 2. The van der Waals surface area contributed by atoms with Crippen LogP contribution in [0.5, 0.6) is 0 Å². The summed E-state index contributed by atoms with van der Waals surface area (Å²) in [6, 6.07) is 18.1. The first-order valence-corrected chi connectivity index (χ1v) is 13.8. The molecular formula is C30H24BrClN2O5. The molecule has 0 saturated carbocycles. The Labute approximate surface area is 238 Å². The number of imide groups is 1. The number of nitrogens with zero attached hydrogens (tertiary/aromatic N) is 1. The average Bonchev–Trinajstić information content (AvgIpc) is 3.21. The van der Waals surface area contributed by atoms with Crippen molar-refractivity contribution in [2.75, 3.05) is 11.9 Å². The van der Waals surface area contributed by atoms with E-state index in [4.69, 9.17) is 16.3 Å². The van der Waals surface area contributed by atoms with Gasteiger partial charge in [-0.05, 0) is 69.7 Å². The van der Waals surface area contributed by atoms with Gasteiger partial charge in [-0.3, -0.25) is 19.3 Å². The first-order chi connectivity index (χ1) is 18.7. The van der Waals surface area contributed by atoms with Crippen LogP contribution in [-0.2, 0) is 23.9 Å². The number of benzene rings is 3. The number of carbonyl (C=O) groups is 4. The highest BCUT2D eigenvalue weighted by molar-refractivity contribution is 9.10. The number of rotatable bonds is 5. The van der Waals surface area contributed by atoms with Gasteiger partial charge in [0.2, 0.25) is 11.8 Å². The van der Waals surface area contributed by atoms with Gasteiger partial charge in [0.05, 0.1) is 16.9 Å². The number of amides is 3. The number of carbonyl (C=O) groups excluding carboxylic acids is 4. The second kappa shape index (κ2) is 9.61. The largest absolute Gasteiger partial charge is 0.454 e. The van der Waals surface area contributed by atoms with Crippen LogP contribution in [-0.4, -0.2) is 41.2 Å². The van der Waals surface area contributed by atoms with Crippen molar-refractivity contribution in [2.45, 2.75) is 31.7 Å². The van der Waals surface area contributed by atoms with Gasteiger partial charge in [0, 0.05) is 22.0 Å². The van der Waals surface area contributed by atoms with E-state index in [2.05, 4.69) is 21.2 Å². The van der Waals surface area contributed by atoms with Gasteiger partial charge in [-0.15, -0.1) is 0 Å². The zero-order chi connectivity index (χ0) is 27.6. The predicted molar refractivity (Wildman–Crippen MR) is 148 cm³/mol. The van der Waals surface area contributed by atoms with Crippen LogP contribution in [0.4, 0.5) is 5.69 Å². The average molecular weight is 608 g/mol. The first kappa shape index (κ1) is 25.8. The van der Waals surface area contributed by atoms with E-state index in [-0.39, 0.29) is 23.7 Å². The topological polar surface area (TPSA) is 92.8 Å². The monoisotopic (exact) mass is 606 g/mol. The number of nitrogens with one attached hydrogen (secondary N) is 1. The maximum Gasteiger partial charge on any atom is 0.329 e. The van der Waals surface area contributed by atoms with Crippen LogP contribution in [0.3, 0.4) is 0 Å². The highest BCUT2D eigenvalue weighted by Gasteiger charge is 2.62. The van der Waals surface area contributed by atoms with Crippen molar-refractivity contribution in [3.8, 4) is 0 Å². The smallest absolute Gasteiger partial charge is 0.329 e. The Morgan fingerprint density at radius 3 is 1.90 bits per heavy atom. The second-order valence-electron chi connectivity index (χ2n) is 10.2. The van der Waals surface area contributed by atoms with Crippen LogP contribution in [0.25, 0.3) is 0 Å². The summed E-state index contributed by atoms with van der Waals surface area (Å²) >= 11 is 9.55. The van der Waals surface area contributed by atoms with Gasteiger partial charge in [-0.25, -0.2) is 4.79 Å². The van der Waals surface area contributed by atoms with Crippen molar-refractivity contribution < 1.29 is 23.9 Å². The van der Waals surface area contributed by atoms with Gasteiger partial charge in [0.25, 0.3) is 5.91 Å². The Bertz CT molecular complexity index is 1460. The minimum absolute atomic E-state index is 0.260. The fourth-order valence-corrected chi connectivity index (χ4v) is 7.01. The molecule has 0 spiro atoms. The summed E-state index contributed by atoms with van der Waals surface area (Å²) in [5, 5.41) is 3.13. The number of anilines is 1. The summed E-state index contributed by atoms with van der Waals surface area (Å²) < 4.78 is 5.94. The SMILES string of the molecule is Cc1c(NC(=O)COC(=O)[C@H](C)N2C(=O)[C@@H]3C4c5ccccc5C(c5ccccc54)[C@H]3C2=O)ccc(Br)c1Cl. The van der Waals surface area contributed by atoms with Crippen molar-refractivity contribution in [3.63, 3.8) is 0 Å². The van der Waals surface area contributed by atoms with Crippen LogP contribution in [0.1, 0.15) is 46.6 Å². The Morgan fingerprint density at radius 1 is 0.923 bits per heavy atom. The zero-order valence-electron chi connectivity index (χ0n) is 21.1. The molecule has 2 bridgehead atoms. The summed E-state index contributed by atoms with van der Waals surface area (Å²) in [6.07, 6.45) is 0. The van der Waals surface area contributed by atoms with Crippen molar-refractivity contribution in [2.24, 2.45) is 11.8 Å². The maximum atomic E-state index is 13.8. The molecule has 0 aromatic heterocycles. The minimum Gasteiger partial charge on any atom is -0.454 e. The van der Waals surface area contributed by atoms with Gasteiger partial charge in [-0.2, -0.15) is 0 Å². The summed E-state index contributed by atoms with van der Waals surface area (Å²) in [5.41, 5.74) is 5.37. The molecule has 1 fully saturated rings. The van der Waals surface area contributed by atoms with E-state index < -0.39 is 36.4 Å². The number of likely N-dealkylation sites (tertiary alicyclic amines) is 1. The molecule has 39 heavy (non-hydrogen) atoms. The number of hydrogen-bond acceptors (Lipinski definition) is 5. The third kappa shape index (κ3) is 3.92. The highest BCUT2D eigenvalue weighted by Crippen LogP contribution is 2.61. The lowest BCUT2D eigenvalue weighted by atomic mass is 9.55. The molecule has 4 aliphatic rings. The van der Waals surface area contributed by atoms with Gasteiger partial charge in [0.15, 0.2) is 6.61 Å². The number of hydrogen-bond donors (Lipinski definition) is 1. The molecule has 1 aliphatic heterocycles. The van der Waals surface area contributed by atoms with Crippen molar-refractivity contribution in [3.05, 3.63) is 98.0 Å². The predicted octanol–water partition coefficient (Wildman–Crippen LogP) is 5.17.